The third-order valence-corrected chi connectivity index (χ3v) is 3.20. The monoisotopic (exact) mass is 294 g/mol. The van der Waals surface area contributed by atoms with E-state index >= 15 is 0 Å². The Kier molecular flexibility index (Phi) is 3.49. The molecule has 6 heteroatoms. The molecule has 1 aliphatic carbocycles. The number of pyridine rings is 1. The van der Waals surface area contributed by atoms with Crippen molar-refractivity contribution in [1.82, 2.24) is 0 Å². The standard InChI is InChI=1S/C15H13F2NO3/c1-15(2,3)8-4-6-18(7-5-8)11-12(19)9(16)10(17)13(20)14(11)21/h4-7H,1-3H3/p+1. The van der Waals surface area contributed by atoms with Crippen LogP contribution in [0.25, 0.3) is 5.70 Å². The van der Waals surface area contributed by atoms with Gasteiger partial charge in [-0.25, -0.2) is 0 Å². The van der Waals surface area contributed by atoms with Crippen LogP contribution in [-0.2, 0) is 15.0 Å². The quantitative estimate of drug-likeness (QED) is 0.491. The van der Waals surface area contributed by atoms with Gasteiger partial charge in [-0.1, -0.05) is 20.8 Å². The van der Waals surface area contributed by atoms with E-state index in [1.807, 2.05) is 20.8 Å². The highest BCUT2D eigenvalue weighted by Crippen LogP contribution is 2.27. The van der Waals surface area contributed by atoms with Crippen molar-refractivity contribution in [2.75, 3.05) is 0 Å². The Morgan fingerprint density at radius 2 is 1.52 bits per heavy atom. The largest absolute Gasteiger partial charge is 0.500 e. The molecule has 2 rings (SSSR count). The molecule has 1 heterocycles. The van der Waals surface area contributed by atoms with Crippen LogP contribution in [0.5, 0.6) is 0 Å². The zero-order valence-electron chi connectivity index (χ0n) is 11.8. The summed E-state index contributed by atoms with van der Waals surface area (Å²) in [5.74, 6) is -7.66. The van der Waals surface area contributed by atoms with Gasteiger partial charge in [0.05, 0.1) is 0 Å². The summed E-state index contributed by atoms with van der Waals surface area (Å²) in [7, 11) is 0. The molecule has 1 N–H and O–H groups in total. The van der Waals surface area contributed by atoms with E-state index in [1.165, 1.54) is 12.4 Å². The second-order valence-electron chi connectivity index (χ2n) is 5.73. The number of hydrogen-bond donors (Lipinski definition) is 1. The number of aliphatic hydroxyl groups excluding tert-OH is 1. The first-order valence-electron chi connectivity index (χ1n) is 6.24. The smallest absolute Gasteiger partial charge is 0.308 e. The number of rotatable bonds is 1. The molecule has 0 bridgehead atoms. The molecule has 110 valence electrons. The van der Waals surface area contributed by atoms with E-state index in [2.05, 4.69) is 0 Å². The van der Waals surface area contributed by atoms with E-state index in [-0.39, 0.29) is 5.41 Å². The molecule has 1 aromatic heterocycles. The molecule has 0 spiro atoms. The minimum absolute atomic E-state index is 0.140. The summed E-state index contributed by atoms with van der Waals surface area (Å²) in [5, 5.41) is 9.59. The first-order valence-corrected chi connectivity index (χ1v) is 6.24. The van der Waals surface area contributed by atoms with Crippen LogP contribution >= 0.6 is 0 Å². The summed E-state index contributed by atoms with van der Waals surface area (Å²) < 4.78 is 27.6. The molecule has 1 aromatic rings. The molecular formula is C15H14F2NO3+. The Hall–Kier alpha value is -2.37. The minimum atomic E-state index is -1.87. The van der Waals surface area contributed by atoms with Crippen LogP contribution in [0, 0.1) is 0 Å². The van der Waals surface area contributed by atoms with Crippen molar-refractivity contribution in [3.8, 4) is 0 Å². The normalized spacial score (nSPS) is 16.8. The average molecular weight is 294 g/mol. The number of allylic oxidation sites excluding steroid dienone is 3. The molecule has 21 heavy (non-hydrogen) atoms. The molecular weight excluding hydrogens is 280 g/mol. The maximum atomic E-state index is 13.4. The lowest BCUT2D eigenvalue weighted by atomic mass is 9.88. The number of carbonyl (C=O) groups is 2. The average Bonchev–Trinajstić information content (AvgIpc) is 2.43. The van der Waals surface area contributed by atoms with Gasteiger partial charge in [0.25, 0.3) is 5.78 Å². The van der Waals surface area contributed by atoms with Gasteiger partial charge in [0, 0.05) is 12.1 Å². The number of aromatic nitrogens is 1. The topological polar surface area (TPSA) is 58.2 Å². The van der Waals surface area contributed by atoms with Crippen LogP contribution in [0.15, 0.2) is 41.9 Å². The third-order valence-electron chi connectivity index (χ3n) is 3.20. The zero-order chi connectivity index (χ0) is 15.9. The molecule has 0 radical (unpaired) electrons. The van der Waals surface area contributed by atoms with Gasteiger partial charge in [-0.05, 0) is 11.0 Å². The number of hydrogen-bond acceptors (Lipinski definition) is 3. The Morgan fingerprint density at radius 3 is 2.00 bits per heavy atom. The predicted octanol–water partition coefficient (Wildman–Crippen LogP) is 2.30. The summed E-state index contributed by atoms with van der Waals surface area (Å²) in [6.07, 6.45) is 2.82. The molecule has 0 aliphatic heterocycles. The maximum absolute atomic E-state index is 13.4. The van der Waals surface area contributed by atoms with Gasteiger partial charge in [0.1, 0.15) is 0 Å². The summed E-state index contributed by atoms with van der Waals surface area (Å²) in [6.45, 7) is 5.95. The molecule has 0 amide bonds. The lowest BCUT2D eigenvalue weighted by Gasteiger charge is -2.17. The fraction of sp³-hybridized carbons (Fsp3) is 0.267. The third kappa shape index (κ3) is 2.49. The number of carbonyl (C=O) groups excluding carboxylic acids is 2. The molecule has 0 unspecified atom stereocenters. The maximum Gasteiger partial charge on any atom is 0.308 e. The number of halogens is 2. The Balaban J connectivity index is 2.56. The number of ketones is 2. The number of aliphatic hydroxyl groups is 1. The van der Waals surface area contributed by atoms with Crippen LogP contribution in [-0.4, -0.2) is 16.7 Å². The van der Waals surface area contributed by atoms with Gasteiger partial charge in [-0.2, -0.15) is 13.3 Å². The molecule has 4 nitrogen and oxygen atoms in total. The van der Waals surface area contributed by atoms with E-state index < -0.39 is 34.7 Å². The highest BCUT2D eigenvalue weighted by molar-refractivity contribution is 6.56. The summed E-state index contributed by atoms with van der Waals surface area (Å²) >= 11 is 0. The lowest BCUT2D eigenvalue weighted by molar-refractivity contribution is -0.578. The number of Topliss-reactive ketones (excluding diaryl/α,β-unsaturated/α-hetero) is 2. The Labute approximate surface area is 120 Å². The fourth-order valence-corrected chi connectivity index (χ4v) is 1.94. The van der Waals surface area contributed by atoms with Gasteiger partial charge in [-0.3, -0.25) is 9.59 Å². The van der Waals surface area contributed by atoms with E-state index in [9.17, 15) is 23.5 Å². The van der Waals surface area contributed by atoms with Crippen molar-refractivity contribution in [2.45, 2.75) is 26.2 Å². The highest BCUT2D eigenvalue weighted by Gasteiger charge is 2.42. The van der Waals surface area contributed by atoms with Gasteiger partial charge in [-0.15, -0.1) is 0 Å². The van der Waals surface area contributed by atoms with Gasteiger partial charge >= 0.3 is 11.5 Å². The second kappa shape index (κ2) is 4.87. The molecule has 0 saturated carbocycles. The van der Waals surface area contributed by atoms with E-state index in [4.69, 9.17) is 0 Å². The van der Waals surface area contributed by atoms with E-state index in [0.29, 0.717) is 0 Å². The van der Waals surface area contributed by atoms with Crippen molar-refractivity contribution < 1.29 is 28.0 Å². The Bertz CT molecular complexity index is 695. The van der Waals surface area contributed by atoms with Crippen LogP contribution in [0.3, 0.4) is 0 Å². The first-order chi connectivity index (χ1) is 9.64. The Morgan fingerprint density at radius 1 is 1.00 bits per heavy atom. The van der Waals surface area contributed by atoms with Crippen LogP contribution < -0.4 is 4.57 Å². The molecule has 0 aromatic carbocycles. The van der Waals surface area contributed by atoms with Gasteiger partial charge in [0.2, 0.25) is 17.4 Å². The minimum Gasteiger partial charge on any atom is -0.500 e. The summed E-state index contributed by atoms with van der Waals surface area (Å²) in [6, 6.07) is 3.34. The van der Waals surface area contributed by atoms with E-state index in [1.54, 1.807) is 12.1 Å². The summed E-state index contributed by atoms with van der Waals surface area (Å²) in [4.78, 5) is 23.1. The molecule has 0 saturated heterocycles. The summed E-state index contributed by atoms with van der Waals surface area (Å²) in [5.41, 5.74) is 0.203. The van der Waals surface area contributed by atoms with Gasteiger partial charge < -0.3 is 5.11 Å². The lowest BCUT2D eigenvalue weighted by Crippen LogP contribution is -2.42. The van der Waals surface area contributed by atoms with Crippen molar-refractivity contribution in [3.63, 3.8) is 0 Å². The van der Waals surface area contributed by atoms with Crippen molar-refractivity contribution in [1.29, 1.82) is 0 Å². The molecule has 1 aliphatic rings. The van der Waals surface area contributed by atoms with Crippen LogP contribution in [0.4, 0.5) is 8.78 Å². The highest BCUT2D eigenvalue weighted by atomic mass is 19.2. The zero-order valence-corrected chi connectivity index (χ0v) is 11.8. The van der Waals surface area contributed by atoms with Crippen molar-refractivity contribution in [2.24, 2.45) is 0 Å². The van der Waals surface area contributed by atoms with Crippen LogP contribution in [0.1, 0.15) is 26.3 Å². The van der Waals surface area contributed by atoms with Crippen molar-refractivity contribution >= 4 is 17.3 Å². The predicted molar refractivity (Wildman–Crippen MR) is 70.4 cm³/mol. The van der Waals surface area contributed by atoms with Crippen molar-refractivity contribution in [3.05, 3.63) is 47.5 Å². The van der Waals surface area contributed by atoms with E-state index in [0.717, 1.165) is 10.1 Å². The fourth-order valence-electron chi connectivity index (χ4n) is 1.94. The first kappa shape index (κ1) is 15.0. The molecule has 0 atom stereocenters. The van der Waals surface area contributed by atoms with Gasteiger partial charge in [0.15, 0.2) is 12.4 Å². The molecule has 0 fully saturated rings. The van der Waals surface area contributed by atoms with Crippen LogP contribution in [0.2, 0.25) is 0 Å². The SMILES string of the molecule is CC(C)(C)c1cc[n+](C2=C(O)C(F)=C(F)C(=O)C2=O)cc1. The number of nitrogens with zero attached hydrogens (tertiary/aromatic N) is 1. The second-order valence-corrected chi connectivity index (χ2v) is 5.73.